The van der Waals surface area contributed by atoms with Crippen molar-refractivity contribution in [2.45, 2.75) is 12.5 Å². The number of rotatable bonds is 2. The van der Waals surface area contributed by atoms with Crippen LogP contribution in [0.5, 0.6) is 11.5 Å². The van der Waals surface area contributed by atoms with E-state index >= 15 is 0 Å². The van der Waals surface area contributed by atoms with Gasteiger partial charge >= 0.3 is 0 Å². The molecule has 2 aliphatic rings. The maximum atomic E-state index is 12.5. The quantitative estimate of drug-likeness (QED) is 0.887. The number of hydrogen-bond donors (Lipinski definition) is 1. The molecule has 24 heavy (non-hydrogen) atoms. The number of thiophene rings is 1. The van der Waals surface area contributed by atoms with Crippen LogP contribution in [-0.4, -0.2) is 43.2 Å². The molecule has 1 amide bonds. The molecule has 0 bridgehead atoms. The van der Waals surface area contributed by atoms with Crippen LogP contribution >= 0.6 is 23.7 Å². The number of amides is 1. The molecule has 1 saturated heterocycles. The van der Waals surface area contributed by atoms with Crippen molar-refractivity contribution in [2.24, 2.45) is 5.73 Å². The van der Waals surface area contributed by atoms with E-state index in [0.717, 1.165) is 39.8 Å². The monoisotopic (exact) mass is 366 g/mol. The zero-order valence-corrected chi connectivity index (χ0v) is 14.7. The Morgan fingerprint density at radius 3 is 2.71 bits per heavy atom. The zero-order valence-electron chi connectivity index (χ0n) is 13.1. The van der Waals surface area contributed by atoms with Crippen LogP contribution in [-0.2, 0) is 0 Å². The highest BCUT2D eigenvalue weighted by Crippen LogP contribution is 2.37. The Bertz CT molecular complexity index is 749. The SMILES string of the molecule is Cl.N[C@@H]1CCN(C(=O)c2ccc(-c3ccc4c(c3)OCCO4)s2)C1. The topological polar surface area (TPSA) is 64.8 Å². The molecular weight excluding hydrogens is 348 g/mol. The van der Waals surface area contributed by atoms with Crippen LogP contribution in [0.1, 0.15) is 16.1 Å². The molecule has 1 fully saturated rings. The van der Waals surface area contributed by atoms with E-state index in [1.54, 1.807) is 0 Å². The van der Waals surface area contributed by atoms with Crippen molar-refractivity contribution >= 4 is 29.7 Å². The van der Waals surface area contributed by atoms with Crippen LogP contribution in [0.25, 0.3) is 10.4 Å². The number of nitrogens with zero attached hydrogens (tertiary/aromatic N) is 1. The molecule has 0 unspecified atom stereocenters. The second kappa shape index (κ2) is 7.01. The number of likely N-dealkylation sites (tertiary alicyclic amines) is 1. The van der Waals surface area contributed by atoms with Crippen LogP contribution in [0, 0.1) is 0 Å². The lowest BCUT2D eigenvalue weighted by Crippen LogP contribution is -2.31. The van der Waals surface area contributed by atoms with Gasteiger partial charge in [-0.05, 0) is 42.3 Å². The summed E-state index contributed by atoms with van der Waals surface area (Å²) in [7, 11) is 0. The van der Waals surface area contributed by atoms with Gasteiger partial charge in [-0.15, -0.1) is 23.7 Å². The normalized spacial score (nSPS) is 19.0. The predicted molar refractivity (Wildman–Crippen MR) is 96.5 cm³/mol. The van der Waals surface area contributed by atoms with E-state index in [2.05, 4.69) is 0 Å². The number of nitrogens with two attached hydrogens (primary N) is 1. The summed E-state index contributed by atoms with van der Waals surface area (Å²) in [5, 5.41) is 0. The first-order valence-corrected chi connectivity index (χ1v) is 8.57. The Hall–Kier alpha value is -1.76. The number of hydrogen-bond acceptors (Lipinski definition) is 5. The number of benzene rings is 1. The van der Waals surface area contributed by atoms with Gasteiger partial charge in [-0.1, -0.05) is 0 Å². The fraction of sp³-hybridized carbons (Fsp3) is 0.353. The van der Waals surface area contributed by atoms with Crippen LogP contribution in [0.2, 0.25) is 0 Å². The molecule has 0 saturated carbocycles. The Balaban J connectivity index is 0.00000169. The summed E-state index contributed by atoms with van der Waals surface area (Å²) in [6, 6.07) is 9.88. The number of carbonyl (C=O) groups excluding carboxylic acids is 1. The largest absolute Gasteiger partial charge is 0.486 e. The highest BCUT2D eigenvalue weighted by Gasteiger charge is 2.25. The molecule has 7 heteroatoms. The minimum atomic E-state index is 0. The second-order valence-corrected chi connectivity index (χ2v) is 6.91. The van der Waals surface area contributed by atoms with E-state index < -0.39 is 0 Å². The van der Waals surface area contributed by atoms with Gasteiger partial charge in [0.15, 0.2) is 11.5 Å². The summed E-state index contributed by atoms with van der Waals surface area (Å²) in [5.41, 5.74) is 6.92. The summed E-state index contributed by atoms with van der Waals surface area (Å²) in [5.74, 6) is 1.62. The first-order chi connectivity index (χ1) is 11.2. The summed E-state index contributed by atoms with van der Waals surface area (Å²) in [6.07, 6.45) is 0.881. The van der Waals surface area contributed by atoms with Gasteiger partial charge in [0.1, 0.15) is 13.2 Å². The Morgan fingerprint density at radius 2 is 1.96 bits per heavy atom. The van der Waals surface area contributed by atoms with E-state index in [1.165, 1.54) is 11.3 Å². The lowest BCUT2D eigenvalue weighted by molar-refractivity contribution is 0.0795. The third-order valence-corrected chi connectivity index (χ3v) is 5.28. The number of halogens is 1. The first-order valence-electron chi connectivity index (χ1n) is 7.75. The van der Waals surface area contributed by atoms with E-state index in [4.69, 9.17) is 15.2 Å². The highest BCUT2D eigenvalue weighted by molar-refractivity contribution is 7.17. The van der Waals surface area contributed by atoms with Crippen LogP contribution < -0.4 is 15.2 Å². The molecule has 1 atom stereocenters. The third-order valence-electron chi connectivity index (χ3n) is 4.16. The Morgan fingerprint density at radius 1 is 1.17 bits per heavy atom. The fourth-order valence-electron chi connectivity index (χ4n) is 2.93. The van der Waals surface area contributed by atoms with E-state index in [1.807, 2.05) is 35.2 Å². The average Bonchev–Trinajstić information content (AvgIpc) is 3.23. The number of ether oxygens (including phenoxy) is 2. The van der Waals surface area contributed by atoms with Crippen LogP contribution in [0.3, 0.4) is 0 Å². The lowest BCUT2D eigenvalue weighted by Gasteiger charge is -2.18. The molecule has 0 radical (unpaired) electrons. The molecule has 1 aromatic heterocycles. The van der Waals surface area contributed by atoms with Gasteiger partial charge in [0.2, 0.25) is 0 Å². The van der Waals surface area contributed by atoms with Gasteiger partial charge in [-0.25, -0.2) is 0 Å². The van der Waals surface area contributed by atoms with Gasteiger partial charge in [0.25, 0.3) is 5.91 Å². The molecule has 2 aromatic rings. The Labute approximate surface area is 150 Å². The van der Waals surface area contributed by atoms with Crippen LogP contribution in [0.15, 0.2) is 30.3 Å². The van der Waals surface area contributed by atoms with E-state index in [9.17, 15) is 4.79 Å². The maximum Gasteiger partial charge on any atom is 0.263 e. The van der Waals surface area contributed by atoms with Crippen molar-refractivity contribution in [1.29, 1.82) is 0 Å². The van der Waals surface area contributed by atoms with Gasteiger partial charge in [-0.3, -0.25) is 4.79 Å². The Kier molecular flexibility index (Phi) is 4.99. The highest BCUT2D eigenvalue weighted by atomic mass is 35.5. The summed E-state index contributed by atoms with van der Waals surface area (Å²) < 4.78 is 11.2. The fourth-order valence-corrected chi connectivity index (χ4v) is 3.90. The molecule has 2 aliphatic heterocycles. The lowest BCUT2D eigenvalue weighted by atomic mass is 10.1. The predicted octanol–water partition coefficient (Wildman–Crippen LogP) is 2.78. The molecule has 2 N–H and O–H groups in total. The van der Waals surface area contributed by atoms with Crippen LogP contribution in [0.4, 0.5) is 0 Å². The smallest absolute Gasteiger partial charge is 0.263 e. The molecule has 4 rings (SSSR count). The third kappa shape index (κ3) is 3.22. The molecule has 128 valence electrons. The average molecular weight is 367 g/mol. The molecular formula is C17H19ClN2O3S. The van der Waals surface area contributed by atoms with E-state index in [0.29, 0.717) is 19.8 Å². The zero-order chi connectivity index (χ0) is 15.8. The standard InChI is InChI=1S/C17H18N2O3S.ClH/c18-12-5-6-19(10-12)17(20)16-4-3-15(23-16)11-1-2-13-14(9-11)22-8-7-21-13;/h1-4,9,12H,5-8,10,18H2;1H/t12-;/m1./s1. The van der Waals surface area contributed by atoms with Gasteiger partial charge in [0, 0.05) is 24.0 Å². The summed E-state index contributed by atoms with van der Waals surface area (Å²) in [6.45, 7) is 2.55. The maximum absolute atomic E-state index is 12.5. The first kappa shape index (κ1) is 17.1. The molecule has 3 heterocycles. The number of fused-ring (bicyclic) bond motifs is 1. The molecule has 0 aliphatic carbocycles. The summed E-state index contributed by atoms with van der Waals surface area (Å²) in [4.78, 5) is 16.1. The van der Waals surface area contributed by atoms with Crippen molar-refractivity contribution in [1.82, 2.24) is 4.90 Å². The van der Waals surface area contributed by atoms with Crippen molar-refractivity contribution in [3.63, 3.8) is 0 Å². The van der Waals surface area contributed by atoms with Gasteiger partial charge in [-0.2, -0.15) is 0 Å². The second-order valence-electron chi connectivity index (χ2n) is 5.82. The van der Waals surface area contributed by atoms with Crippen molar-refractivity contribution in [3.8, 4) is 21.9 Å². The minimum Gasteiger partial charge on any atom is -0.486 e. The molecule has 1 aromatic carbocycles. The molecule has 5 nitrogen and oxygen atoms in total. The number of carbonyl (C=O) groups is 1. The minimum absolute atomic E-state index is 0. The van der Waals surface area contributed by atoms with Crippen molar-refractivity contribution in [2.75, 3.05) is 26.3 Å². The van der Waals surface area contributed by atoms with Crippen molar-refractivity contribution < 1.29 is 14.3 Å². The summed E-state index contributed by atoms with van der Waals surface area (Å²) >= 11 is 1.50. The van der Waals surface area contributed by atoms with Crippen molar-refractivity contribution in [3.05, 3.63) is 35.2 Å². The molecule has 0 spiro atoms. The van der Waals surface area contributed by atoms with Gasteiger partial charge in [0.05, 0.1) is 4.88 Å². The van der Waals surface area contributed by atoms with E-state index in [-0.39, 0.29) is 24.4 Å². The van der Waals surface area contributed by atoms with Gasteiger partial charge < -0.3 is 20.1 Å².